The predicted molar refractivity (Wildman–Crippen MR) is 86.8 cm³/mol. The molecule has 0 saturated heterocycles. The quantitative estimate of drug-likeness (QED) is 0.581. The third kappa shape index (κ3) is 3.37. The van der Waals surface area contributed by atoms with Crippen LogP contribution in [0, 0.1) is 0 Å². The Balaban J connectivity index is 2.13. The second-order valence-corrected chi connectivity index (χ2v) is 5.31. The highest BCUT2D eigenvalue weighted by molar-refractivity contribution is 7.98. The molecule has 0 fully saturated rings. The molecule has 3 aromatic heterocycles. The fourth-order valence-corrected chi connectivity index (χ4v) is 2.33. The van der Waals surface area contributed by atoms with Crippen LogP contribution in [0.2, 0.25) is 0 Å². The number of anilines is 1. The van der Waals surface area contributed by atoms with Crippen LogP contribution >= 0.6 is 11.8 Å². The van der Waals surface area contributed by atoms with Gasteiger partial charge in [-0.1, -0.05) is 11.8 Å². The van der Waals surface area contributed by atoms with Gasteiger partial charge in [0.25, 0.3) is 0 Å². The van der Waals surface area contributed by atoms with Crippen LogP contribution in [-0.2, 0) is 4.79 Å². The maximum Gasteiger partial charge on any atom is 0.222 e. The first kappa shape index (κ1) is 15.2. The number of aromatic nitrogens is 4. The Kier molecular flexibility index (Phi) is 4.33. The molecular weight excluding hydrogens is 314 g/mol. The van der Waals surface area contributed by atoms with E-state index in [1.165, 1.54) is 24.9 Å². The summed E-state index contributed by atoms with van der Waals surface area (Å²) >= 11 is 1.44. The molecule has 116 valence electrons. The molecule has 1 amide bonds. The topological polar surface area (TPSA) is 93.8 Å². The van der Waals surface area contributed by atoms with Gasteiger partial charge in [-0.05, 0) is 24.5 Å². The molecule has 23 heavy (non-hydrogen) atoms. The van der Waals surface area contributed by atoms with Crippen LogP contribution in [0.4, 0.5) is 5.82 Å². The van der Waals surface area contributed by atoms with Crippen LogP contribution in [0.15, 0.2) is 46.4 Å². The van der Waals surface area contributed by atoms with Gasteiger partial charge in [-0.3, -0.25) is 4.79 Å². The second-order valence-electron chi connectivity index (χ2n) is 4.54. The van der Waals surface area contributed by atoms with E-state index in [4.69, 9.17) is 4.42 Å². The SMILES string of the molecule is CSc1nccc(-c2ncc(NC(C)=O)nc2-c2ccco2)n1. The molecule has 3 aromatic rings. The van der Waals surface area contributed by atoms with Crippen LogP contribution in [0.5, 0.6) is 0 Å². The first-order valence-electron chi connectivity index (χ1n) is 6.73. The average Bonchev–Trinajstić information content (AvgIpc) is 3.08. The number of nitrogens with one attached hydrogen (secondary N) is 1. The highest BCUT2D eigenvalue weighted by Gasteiger charge is 2.16. The van der Waals surface area contributed by atoms with E-state index in [9.17, 15) is 4.79 Å². The van der Waals surface area contributed by atoms with Gasteiger partial charge < -0.3 is 9.73 Å². The molecule has 0 atom stereocenters. The van der Waals surface area contributed by atoms with Crippen molar-refractivity contribution in [2.45, 2.75) is 12.1 Å². The Hall–Kier alpha value is -2.74. The number of hydrogen-bond acceptors (Lipinski definition) is 7. The lowest BCUT2D eigenvalue weighted by atomic mass is 10.2. The number of rotatable bonds is 4. The van der Waals surface area contributed by atoms with Crippen molar-refractivity contribution < 1.29 is 9.21 Å². The van der Waals surface area contributed by atoms with Crippen molar-refractivity contribution in [3.05, 3.63) is 36.9 Å². The summed E-state index contributed by atoms with van der Waals surface area (Å²) in [6, 6.07) is 5.30. The van der Waals surface area contributed by atoms with Gasteiger partial charge in [0.05, 0.1) is 18.2 Å². The van der Waals surface area contributed by atoms with E-state index in [0.717, 1.165) is 0 Å². The van der Waals surface area contributed by atoms with E-state index in [2.05, 4.69) is 25.3 Å². The Bertz CT molecular complexity index is 836. The average molecular weight is 327 g/mol. The normalized spacial score (nSPS) is 10.5. The van der Waals surface area contributed by atoms with Crippen LogP contribution in [0.1, 0.15) is 6.92 Å². The Morgan fingerprint density at radius 2 is 2.09 bits per heavy atom. The number of carbonyl (C=O) groups excluding carboxylic acids is 1. The minimum atomic E-state index is -0.218. The largest absolute Gasteiger partial charge is 0.463 e. The summed E-state index contributed by atoms with van der Waals surface area (Å²) in [5.74, 6) is 0.681. The van der Waals surface area contributed by atoms with Gasteiger partial charge >= 0.3 is 0 Å². The minimum Gasteiger partial charge on any atom is -0.463 e. The summed E-state index contributed by atoms with van der Waals surface area (Å²) in [5, 5.41) is 3.26. The molecule has 0 bridgehead atoms. The van der Waals surface area contributed by atoms with Crippen LogP contribution in [-0.4, -0.2) is 32.1 Å². The van der Waals surface area contributed by atoms with E-state index >= 15 is 0 Å². The lowest BCUT2D eigenvalue weighted by Crippen LogP contribution is -2.09. The molecule has 8 heteroatoms. The third-order valence-corrected chi connectivity index (χ3v) is 3.45. The molecule has 0 spiro atoms. The molecule has 0 aliphatic carbocycles. The van der Waals surface area contributed by atoms with Gasteiger partial charge in [0.2, 0.25) is 5.91 Å². The van der Waals surface area contributed by atoms with Crippen LogP contribution in [0.25, 0.3) is 22.8 Å². The van der Waals surface area contributed by atoms with Crippen molar-refractivity contribution in [1.29, 1.82) is 0 Å². The summed E-state index contributed by atoms with van der Waals surface area (Å²) < 4.78 is 5.43. The van der Waals surface area contributed by atoms with Crippen molar-refractivity contribution in [3.8, 4) is 22.8 Å². The van der Waals surface area contributed by atoms with E-state index in [1.807, 2.05) is 6.26 Å². The molecule has 1 N–H and O–H groups in total. The Morgan fingerprint density at radius 3 is 2.78 bits per heavy atom. The van der Waals surface area contributed by atoms with Gasteiger partial charge in [0, 0.05) is 13.1 Å². The molecule has 0 unspecified atom stereocenters. The maximum atomic E-state index is 11.2. The highest BCUT2D eigenvalue weighted by atomic mass is 32.2. The van der Waals surface area contributed by atoms with Crippen LogP contribution in [0.3, 0.4) is 0 Å². The second kappa shape index (κ2) is 6.57. The zero-order chi connectivity index (χ0) is 16.2. The lowest BCUT2D eigenvalue weighted by molar-refractivity contribution is -0.114. The molecule has 0 aromatic carbocycles. The smallest absolute Gasteiger partial charge is 0.222 e. The van der Waals surface area contributed by atoms with E-state index < -0.39 is 0 Å². The zero-order valence-corrected chi connectivity index (χ0v) is 13.3. The van der Waals surface area contributed by atoms with E-state index in [-0.39, 0.29) is 5.91 Å². The van der Waals surface area contributed by atoms with Gasteiger partial charge in [-0.2, -0.15) is 0 Å². The summed E-state index contributed by atoms with van der Waals surface area (Å²) in [5.41, 5.74) is 1.70. The minimum absolute atomic E-state index is 0.218. The van der Waals surface area contributed by atoms with Crippen molar-refractivity contribution >= 4 is 23.5 Å². The molecule has 7 nitrogen and oxygen atoms in total. The maximum absolute atomic E-state index is 11.2. The van der Waals surface area contributed by atoms with Crippen molar-refractivity contribution in [2.24, 2.45) is 0 Å². The predicted octanol–water partition coefficient (Wildman–Crippen LogP) is 2.87. The Morgan fingerprint density at radius 1 is 1.22 bits per heavy atom. The number of carbonyl (C=O) groups is 1. The van der Waals surface area contributed by atoms with Gasteiger partial charge in [0.15, 0.2) is 16.7 Å². The standard InChI is InChI=1S/C15H13N5O2S/c1-9(21)18-12-8-17-13(10-5-6-16-15(19-10)23-2)14(20-12)11-4-3-7-22-11/h3-8H,1-2H3,(H,18,20,21). The molecule has 0 saturated carbocycles. The first-order chi connectivity index (χ1) is 11.2. The molecule has 3 rings (SSSR count). The van der Waals surface area contributed by atoms with Crippen molar-refractivity contribution in [3.63, 3.8) is 0 Å². The summed E-state index contributed by atoms with van der Waals surface area (Å²) in [6.45, 7) is 1.41. The lowest BCUT2D eigenvalue weighted by Gasteiger charge is -2.08. The molecule has 0 aliphatic heterocycles. The summed E-state index contributed by atoms with van der Waals surface area (Å²) in [7, 11) is 0. The Labute approximate surface area is 136 Å². The monoisotopic (exact) mass is 327 g/mol. The van der Waals surface area contributed by atoms with Gasteiger partial charge in [-0.25, -0.2) is 19.9 Å². The van der Waals surface area contributed by atoms with Gasteiger partial charge in [-0.15, -0.1) is 0 Å². The van der Waals surface area contributed by atoms with Crippen LogP contribution < -0.4 is 5.32 Å². The summed E-state index contributed by atoms with van der Waals surface area (Å²) in [4.78, 5) is 28.7. The van der Waals surface area contributed by atoms with E-state index in [0.29, 0.717) is 33.8 Å². The van der Waals surface area contributed by atoms with Gasteiger partial charge in [0.1, 0.15) is 11.4 Å². The molecule has 0 aliphatic rings. The fraction of sp³-hybridized carbons (Fsp3) is 0.133. The molecule has 3 heterocycles. The number of furan rings is 1. The molecule has 0 radical (unpaired) electrons. The number of thioether (sulfide) groups is 1. The zero-order valence-electron chi connectivity index (χ0n) is 12.5. The summed E-state index contributed by atoms with van der Waals surface area (Å²) in [6.07, 6.45) is 6.62. The molecular formula is C15H13N5O2S. The highest BCUT2D eigenvalue weighted by Crippen LogP contribution is 2.29. The third-order valence-electron chi connectivity index (χ3n) is 2.89. The first-order valence-corrected chi connectivity index (χ1v) is 7.96. The van der Waals surface area contributed by atoms with Crippen molar-refractivity contribution in [1.82, 2.24) is 19.9 Å². The van der Waals surface area contributed by atoms with Crippen molar-refractivity contribution in [2.75, 3.05) is 11.6 Å². The number of amides is 1. The van der Waals surface area contributed by atoms with E-state index in [1.54, 1.807) is 30.7 Å². The fourth-order valence-electron chi connectivity index (χ4n) is 1.97. The number of hydrogen-bond donors (Lipinski definition) is 1. The number of nitrogens with zero attached hydrogens (tertiary/aromatic N) is 4.